The lowest BCUT2D eigenvalue weighted by Gasteiger charge is -2.21. The van der Waals surface area contributed by atoms with Gasteiger partial charge in [-0.2, -0.15) is 0 Å². The normalized spacial score (nSPS) is 12.2. The Morgan fingerprint density at radius 1 is 0.865 bits per heavy atom. The van der Waals surface area contributed by atoms with Crippen molar-refractivity contribution < 1.29 is 31.9 Å². The third-order valence-electron chi connectivity index (χ3n) is 5.76. The molecule has 0 fully saturated rings. The molecule has 37 heavy (non-hydrogen) atoms. The van der Waals surface area contributed by atoms with Crippen LogP contribution in [-0.4, -0.2) is 22.6 Å². The van der Waals surface area contributed by atoms with Crippen molar-refractivity contribution in [3.05, 3.63) is 113 Å². The van der Waals surface area contributed by atoms with Crippen LogP contribution in [0, 0.1) is 17.5 Å². The summed E-state index contributed by atoms with van der Waals surface area (Å²) in [5.74, 6) is -0.634. The van der Waals surface area contributed by atoms with Crippen molar-refractivity contribution in [1.29, 1.82) is 0 Å². The quantitative estimate of drug-likeness (QED) is 0.344. The number of carbonyl (C=O) groups excluding carboxylic acids is 1. The molecule has 0 radical (unpaired) electrons. The van der Waals surface area contributed by atoms with Crippen molar-refractivity contribution in [3.8, 4) is 11.5 Å². The Morgan fingerprint density at radius 2 is 1.62 bits per heavy atom. The lowest BCUT2D eigenvalue weighted by atomic mass is 10.1. The number of fused-ring (bicyclic) bond motifs is 1. The molecule has 2 heterocycles. The maximum absolute atomic E-state index is 14.4. The number of hydrogen-bond donors (Lipinski definition) is 1. The molecule has 5 rings (SSSR count). The molecular weight excluding hydrogens is 487 g/mol. The highest BCUT2D eigenvalue weighted by atomic mass is 19.1. The van der Waals surface area contributed by atoms with Gasteiger partial charge in [-0.25, -0.2) is 18.2 Å². The molecule has 0 unspecified atom stereocenters. The van der Waals surface area contributed by atoms with Gasteiger partial charge >= 0.3 is 0 Å². The second-order valence-corrected chi connectivity index (χ2v) is 8.50. The fraction of sp³-hybridized carbons (Fsp3) is 0.185. The number of nitrogens with one attached hydrogen (secondary N) is 1. The smallest absolute Gasteiger partial charge is 0.273 e. The fourth-order valence-corrected chi connectivity index (χ4v) is 3.91. The van der Waals surface area contributed by atoms with Gasteiger partial charge in [0, 0.05) is 31.3 Å². The molecule has 1 amide bonds. The average molecular weight is 509 g/mol. The Hall–Kier alpha value is -4.31. The van der Waals surface area contributed by atoms with E-state index in [1.54, 1.807) is 18.2 Å². The number of halogens is 3. The van der Waals surface area contributed by atoms with Crippen LogP contribution in [0.3, 0.4) is 0 Å². The van der Waals surface area contributed by atoms with Crippen LogP contribution in [0.1, 0.15) is 33.1 Å². The summed E-state index contributed by atoms with van der Waals surface area (Å²) in [4.78, 5) is 18.6. The van der Waals surface area contributed by atoms with Crippen LogP contribution in [0.5, 0.6) is 11.5 Å². The minimum absolute atomic E-state index is 0.0769. The number of oxazole rings is 1. The van der Waals surface area contributed by atoms with Crippen molar-refractivity contribution in [2.75, 3.05) is 6.79 Å². The summed E-state index contributed by atoms with van der Waals surface area (Å²) in [5, 5.41) is 2.71. The van der Waals surface area contributed by atoms with Gasteiger partial charge in [0.25, 0.3) is 5.91 Å². The monoisotopic (exact) mass is 509 g/mol. The zero-order valence-electron chi connectivity index (χ0n) is 19.5. The number of hydrogen-bond acceptors (Lipinski definition) is 6. The van der Waals surface area contributed by atoms with Gasteiger partial charge in [-0.3, -0.25) is 9.69 Å². The van der Waals surface area contributed by atoms with Crippen LogP contribution in [0.2, 0.25) is 0 Å². The molecule has 4 aromatic rings. The summed E-state index contributed by atoms with van der Waals surface area (Å²) in [7, 11) is 0. The molecule has 190 valence electrons. The maximum atomic E-state index is 14.4. The number of ether oxygens (including phenoxy) is 2. The van der Waals surface area contributed by atoms with Gasteiger partial charge < -0.3 is 19.2 Å². The van der Waals surface area contributed by atoms with E-state index in [0.29, 0.717) is 23.6 Å². The fourth-order valence-electron chi connectivity index (χ4n) is 3.91. The highest BCUT2D eigenvalue weighted by molar-refractivity contribution is 5.91. The van der Waals surface area contributed by atoms with E-state index in [4.69, 9.17) is 13.9 Å². The average Bonchev–Trinajstić information content (AvgIpc) is 3.54. The Kier molecular flexibility index (Phi) is 7.09. The maximum Gasteiger partial charge on any atom is 0.273 e. The van der Waals surface area contributed by atoms with Gasteiger partial charge in [0.15, 0.2) is 17.2 Å². The van der Waals surface area contributed by atoms with Gasteiger partial charge in [-0.05, 0) is 41.5 Å². The Bertz CT molecular complexity index is 1410. The van der Waals surface area contributed by atoms with Crippen LogP contribution >= 0.6 is 0 Å². The molecular formula is C27H22F3N3O4. The Morgan fingerprint density at radius 3 is 2.43 bits per heavy atom. The molecule has 0 saturated heterocycles. The van der Waals surface area contributed by atoms with E-state index in [0.717, 1.165) is 17.2 Å². The van der Waals surface area contributed by atoms with Crippen LogP contribution in [-0.2, 0) is 26.2 Å². The van der Waals surface area contributed by atoms with Crippen molar-refractivity contribution in [2.45, 2.75) is 26.2 Å². The molecule has 0 bridgehead atoms. The van der Waals surface area contributed by atoms with Crippen molar-refractivity contribution in [3.63, 3.8) is 0 Å². The van der Waals surface area contributed by atoms with Gasteiger partial charge in [0.05, 0.1) is 6.54 Å². The second kappa shape index (κ2) is 10.8. The highest BCUT2D eigenvalue weighted by Crippen LogP contribution is 2.33. The van der Waals surface area contributed by atoms with Gasteiger partial charge in [0.2, 0.25) is 12.7 Å². The largest absolute Gasteiger partial charge is 0.454 e. The minimum atomic E-state index is -0.663. The summed E-state index contributed by atoms with van der Waals surface area (Å²) in [6.45, 7) is 0.987. The Balaban J connectivity index is 1.29. The molecule has 7 nitrogen and oxygen atoms in total. The lowest BCUT2D eigenvalue weighted by molar-refractivity contribution is 0.0945. The second-order valence-electron chi connectivity index (χ2n) is 8.50. The summed E-state index contributed by atoms with van der Waals surface area (Å²) in [6.07, 6.45) is 1.24. The third kappa shape index (κ3) is 6.10. The molecule has 0 aliphatic carbocycles. The number of amides is 1. The lowest BCUT2D eigenvalue weighted by Crippen LogP contribution is -2.24. The highest BCUT2D eigenvalue weighted by Gasteiger charge is 2.19. The molecule has 3 aromatic carbocycles. The predicted octanol–water partition coefficient (Wildman–Crippen LogP) is 4.95. The van der Waals surface area contributed by atoms with Crippen molar-refractivity contribution in [1.82, 2.24) is 15.2 Å². The molecule has 10 heteroatoms. The van der Waals surface area contributed by atoms with Gasteiger partial charge in [-0.15, -0.1) is 0 Å². The van der Waals surface area contributed by atoms with E-state index >= 15 is 0 Å². The van der Waals surface area contributed by atoms with Crippen LogP contribution in [0.15, 0.2) is 71.3 Å². The van der Waals surface area contributed by atoms with Crippen molar-refractivity contribution in [2.24, 2.45) is 0 Å². The molecule has 1 N–H and O–H groups in total. The molecule has 0 saturated carbocycles. The van der Waals surface area contributed by atoms with Gasteiger partial charge in [-0.1, -0.05) is 24.3 Å². The van der Waals surface area contributed by atoms with Crippen molar-refractivity contribution >= 4 is 5.91 Å². The number of aromatic nitrogens is 1. The first-order chi connectivity index (χ1) is 17.9. The summed E-state index contributed by atoms with van der Waals surface area (Å²) in [6, 6.07) is 14.7. The van der Waals surface area contributed by atoms with E-state index in [-0.39, 0.29) is 43.8 Å². The van der Waals surface area contributed by atoms with E-state index in [1.807, 2.05) is 17.0 Å². The SMILES string of the molecule is O=C(NCc1ccc(F)cc1)c1coc(CN(Cc2ccc3c(c2)OCO3)Cc2ccc(F)cc2F)n1. The topological polar surface area (TPSA) is 76.8 Å². The Labute approximate surface area is 210 Å². The van der Waals surface area contributed by atoms with E-state index in [1.165, 1.54) is 30.5 Å². The van der Waals surface area contributed by atoms with E-state index in [2.05, 4.69) is 10.3 Å². The number of nitrogens with zero attached hydrogens (tertiary/aromatic N) is 2. The summed E-state index contributed by atoms with van der Waals surface area (Å²) >= 11 is 0. The van der Waals surface area contributed by atoms with Gasteiger partial charge in [0.1, 0.15) is 23.7 Å². The van der Waals surface area contributed by atoms with E-state index in [9.17, 15) is 18.0 Å². The first-order valence-electron chi connectivity index (χ1n) is 11.4. The predicted molar refractivity (Wildman–Crippen MR) is 126 cm³/mol. The van der Waals surface area contributed by atoms with Crippen LogP contribution < -0.4 is 14.8 Å². The zero-order valence-corrected chi connectivity index (χ0v) is 19.5. The molecule has 0 spiro atoms. The molecule has 1 aliphatic rings. The number of benzene rings is 3. The molecule has 1 aliphatic heterocycles. The summed E-state index contributed by atoms with van der Waals surface area (Å²) in [5.41, 5.74) is 1.98. The first kappa shape index (κ1) is 24.4. The van der Waals surface area contributed by atoms with Crippen LogP contribution in [0.25, 0.3) is 0 Å². The van der Waals surface area contributed by atoms with Crippen LogP contribution in [0.4, 0.5) is 13.2 Å². The zero-order chi connectivity index (χ0) is 25.8. The first-order valence-corrected chi connectivity index (χ1v) is 11.4. The molecule has 0 atom stereocenters. The standard InChI is InChI=1S/C27H22F3N3O4/c28-20-5-1-17(2-6-20)11-31-27(34)23-15-35-26(32-23)14-33(13-19-4-7-21(29)10-22(19)30)12-18-3-8-24-25(9-18)37-16-36-24/h1-10,15H,11-14,16H2,(H,31,34). The number of carbonyl (C=O) groups is 1. The minimum Gasteiger partial charge on any atom is -0.454 e. The molecule has 1 aromatic heterocycles. The van der Waals surface area contributed by atoms with E-state index < -0.39 is 17.5 Å². The number of rotatable bonds is 9. The third-order valence-corrected chi connectivity index (χ3v) is 5.76. The summed E-state index contributed by atoms with van der Waals surface area (Å²) < 4.78 is 57.2.